The molecule has 0 saturated heterocycles. The number of hydrogen-bond donors (Lipinski definition) is 2. The van der Waals surface area contributed by atoms with Crippen molar-refractivity contribution in [2.45, 2.75) is 58.2 Å². The molecule has 2 unspecified atom stereocenters. The molecule has 0 aromatic heterocycles. The Balaban J connectivity index is 2.42. The van der Waals surface area contributed by atoms with Crippen LogP contribution < -0.4 is 5.73 Å². The molecule has 0 aromatic rings. The molecule has 1 aliphatic heterocycles. The summed E-state index contributed by atoms with van der Waals surface area (Å²) in [5.74, 6) is 0.323. The first-order valence-electron chi connectivity index (χ1n) is 6.29. The molecule has 3 N–H and O–H groups in total. The van der Waals surface area contributed by atoms with Gasteiger partial charge >= 0.3 is 0 Å². The molecule has 0 fully saturated rings. The molecule has 4 heteroatoms. The highest BCUT2D eigenvalue weighted by molar-refractivity contribution is 5.83. The average molecular weight is 251 g/mol. The minimum absolute atomic E-state index is 0.433. The number of hydrogen-bond acceptors (Lipinski definition) is 3. The molecule has 18 heavy (non-hydrogen) atoms. The van der Waals surface area contributed by atoms with Gasteiger partial charge in [0.2, 0.25) is 0 Å². The predicted molar refractivity (Wildman–Crippen MR) is 68.6 cm³/mol. The predicted octanol–water partition coefficient (Wildman–Crippen LogP) is 1.79. The largest absolute Gasteiger partial charge is 0.478 e. The average Bonchev–Trinajstić information content (AvgIpc) is 2.27. The summed E-state index contributed by atoms with van der Waals surface area (Å²) in [7, 11) is 0. The van der Waals surface area contributed by atoms with Gasteiger partial charge in [0.25, 0.3) is 5.91 Å². The van der Waals surface area contributed by atoms with Gasteiger partial charge in [-0.05, 0) is 57.3 Å². The second kappa shape index (κ2) is 3.85. The molecule has 4 nitrogen and oxygen atoms in total. The maximum Gasteiger partial charge on any atom is 0.261 e. The van der Waals surface area contributed by atoms with E-state index in [0.717, 1.165) is 28.9 Å². The Hall–Kier alpha value is -1.29. The number of amides is 1. The van der Waals surface area contributed by atoms with E-state index in [-0.39, 0.29) is 0 Å². The minimum Gasteiger partial charge on any atom is -0.478 e. The van der Waals surface area contributed by atoms with Crippen LogP contribution in [0.1, 0.15) is 47.0 Å². The van der Waals surface area contributed by atoms with Crippen LogP contribution >= 0.6 is 0 Å². The van der Waals surface area contributed by atoms with Crippen molar-refractivity contribution in [1.29, 1.82) is 0 Å². The second-order valence-corrected chi connectivity index (χ2v) is 5.83. The first-order valence-corrected chi connectivity index (χ1v) is 6.29. The molecule has 0 radical (unpaired) electrons. The molecular weight excluding hydrogens is 230 g/mol. The molecule has 1 aliphatic carbocycles. The van der Waals surface area contributed by atoms with Gasteiger partial charge in [-0.15, -0.1) is 0 Å². The van der Waals surface area contributed by atoms with E-state index >= 15 is 0 Å². The molecule has 0 bridgehead atoms. The van der Waals surface area contributed by atoms with Crippen molar-refractivity contribution in [2.75, 3.05) is 0 Å². The van der Waals surface area contributed by atoms with Crippen LogP contribution in [0.4, 0.5) is 0 Å². The van der Waals surface area contributed by atoms with Crippen molar-refractivity contribution in [3.8, 4) is 0 Å². The number of ether oxygens (including phenoxy) is 1. The first kappa shape index (κ1) is 13.1. The summed E-state index contributed by atoms with van der Waals surface area (Å²) in [5.41, 5.74) is 6.57. The normalized spacial score (nSPS) is 36.3. The van der Waals surface area contributed by atoms with Gasteiger partial charge in [-0.1, -0.05) is 0 Å². The Morgan fingerprint density at radius 2 is 2.00 bits per heavy atom. The summed E-state index contributed by atoms with van der Waals surface area (Å²) >= 11 is 0. The third-order valence-corrected chi connectivity index (χ3v) is 4.34. The van der Waals surface area contributed by atoms with Crippen LogP contribution in [0.25, 0.3) is 0 Å². The van der Waals surface area contributed by atoms with Crippen LogP contribution in [0.3, 0.4) is 0 Å². The van der Waals surface area contributed by atoms with Crippen molar-refractivity contribution >= 4 is 5.91 Å². The zero-order chi connectivity index (χ0) is 13.7. The maximum atomic E-state index is 11.5. The fourth-order valence-corrected chi connectivity index (χ4v) is 2.66. The van der Waals surface area contributed by atoms with Gasteiger partial charge in [-0.25, -0.2) is 0 Å². The van der Waals surface area contributed by atoms with Crippen molar-refractivity contribution in [1.82, 2.24) is 0 Å². The number of aliphatic hydroxyl groups is 1. The molecule has 0 aromatic carbocycles. The highest BCUT2D eigenvalue weighted by Crippen LogP contribution is 2.44. The molecule has 1 amide bonds. The molecular formula is C14H21NO3. The number of carbonyl (C=O) groups excluding carboxylic acids is 1. The number of allylic oxidation sites excluding steroid dienone is 1. The summed E-state index contributed by atoms with van der Waals surface area (Å²) in [6, 6.07) is 0. The zero-order valence-corrected chi connectivity index (χ0v) is 11.5. The Kier molecular flexibility index (Phi) is 2.81. The van der Waals surface area contributed by atoms with Crippen LogP contribution in [0.15, 0.2) is 22.5 Å². The molecule has 0 spiro atoms. The number of carbonyl (C=O) groups is 1. The summed E-state index contributed by atoms with van der Waals surface area (Å²) in [6.45, 7) is 7.37. The van der Waals surface area contributed by atoms with E-state index in [9.17, 15) is 9.90 Å². The number of nitrogens with two attached hydrogens (primary N) is 1. The lowest BCUT2D eigenvalue weighted by molar-refractivity contribution is -0.138. The van der Waals surface area contributed by atoms with Gasteiger partial charge < -0.3 is 15.6 Å². The lowest BCUT2D eigenvalue weighted by atomic mass is 9.77. The van der Waals surface area contributed by atoms with Gasteiger partial charge in [-0.2, -0.15) is 0 Å². The molecule has 2 aliphatic rings. The second-order valence-electron chi connectivity index (χ2n) is 5.83. The van der Waals surface area contributed by atoms with E-state index in [1.165, 1.54) is 0 Å². The van der Waals surface area contributed by atoms with E-state index in [1.54, 1.807) is 6.92 Å². The SMILES string of the molecule is CC1=C(C)C(C)(O)CC2=C1OC(C)(C(N)=O)CC2. The lowest BCUT2D eigenvalue weighted by Crippen LogP contribution is -2.47. The summed E-state index contributed by atoms with van der Waals surface area (Å²) in [4.78, 5) is 11.5. The Labute approximate surface area is 108 Å². The van der Waals surface area contributed by atoms with Crippen LogP contribution in [0, 0.1) is 0 Å². The van der Waals surface area contributed by atoms with Gasteiger partial charge in [0.15, 0.2) is 5.60 Å². The summed E-state index contributed by atoms with van der Waals surface area (Å²) in [6.07, 6.45) is 1.89. The Bertz CT molecular complexity index is 473. The number of rotatable bonds is 1. The standard InChI is InChI=1S/C14H21NO3/c1-8-9(2)13(3,17)7-10-5-6-14(4,12(15)16)18-11(8)10/h17H,5-7H2,1-4H3,(H2,15,16). The molecule has 2 atom stereocenters. The van der Waals surface area contributed by atoms with Gasteiger partial charge in [-0.3, -0.25) is 4.79 Å². The van der Waals surface area contributed by atoms with E-state index < -0.39 is 17.1 Å². The smallest absolute Gasteiger partial charge is 0.261 e. The third-order valence-electron chi connectivity index (χ3n) is 4.34. The minimum atomic E-state index is -0.927. The van der Waals surface area contributed by atoms with Crippen molar-refractivity contribution in [2.24, 2.45) is 5.73 Å². The third kappa shape index (κ3) is 1.85. The van der Waals surface area contributed by atoms with Gasteiger partial charge in [0, 0.05) is 6.42 Å². The topological polar surface area (TPSA) is 72.6 Å². The van der Waals surface area contributed by atoms with Crippen molar-refractivity contribution in [3.05, 3.63) is 22.5 Å². The van der Waals surface area contributed by atoms with Crippen molar-refractivity contribution < 1.29 is 14.6 Å². The first-order chi connectivity index (χ1) is 8.17. The quantitative estimate of drug-likeness (QED) is 0.746. The molecule has 0 saturated carbocycles. The van der Waals surface area contributed by atoms with Crippen LogP contribution in [0.2, 0.25) is 0 Å². The zero-order valence-electron chi connectivity index (χ0n) is 11.5. The fraction of sp³-hybridized carbons (Fsp3) is 0.643. The monoisotopic (exact) mass is 251 g/mol. The van der Waals surface area contributed by atoms with E-state index in [1.807, 2.05) is 20.8 Å². The summed E-state index contributed by atoms with van der Waals surface area (Å²) in [5, 5.41) is 10.4. The molecule has 2 rings (SSSR count). The number of primary amides is 1. The fourth-order valence-electron chi connectivity index (χ4n) is 2.66. The van der Waals surface area contributed by atoms with Crippen LogP contribution in [-0.2, 0) is 9.53 Å². The van der Waals surface area contributed by atoms with Gasteiger partial charge in [0.05, 0.1) is 5.60 Å². The van der Waals surface area contributed by atoms with Crippen LogP contribution in [0.5, 0.6) is 0 Å². The molecule has 100 valence electrons. The lowest BCUT2D eigenvalue weighted by Gasteiger charge is -2.41. The Morgan fingerprint density at radius 1 is 1.39 bits per heavy atom. The Morgan fingerprint density at radius 3 is 2.56 bits per heavy atom. The van der Waals surface area contributed by atoms with E-state index in [0.29, 0.717) is 12.8 Å². The summed E-state index contributed by atoms with van der Waals surface area (Å²) < 4.78 is 5.85. The van der Waals surface area contributed by atoms with Crippen LogP contribution in [-0.4, -0.2) is 22.2 Å². The van der Waals surface area contributed by atoms with Crippen molar-refractivity contribution in [3.63, 3.8) is 0 Å². The van der Waals surface area contributed by atoms with Gasteiger partial charge in [0.1, 0.15) is 5.76 Å². The highest BCUT2D eigenvalue weighted by atomic mass is 16.5. The maximum absolute atomic E-state index is 11.5. The van der Waals surface area contributed by atoms with E-state index in [2.05, 4.69) is 0 Å². The van der Waals surface area contributed by atoms with E-state index in [4.69, 9.17) is 10.5 Å². The highest BCUT2D eigenvalue weighted by Gasteiger charge is 2.43. The molecule has 1 heterocycles.